The van der Waals surface area contributed by atoms with Crippen LogP contribution in [-0.2, 0) is 11.3 Å². The average Bonchev–Trinajstić information content (AvgIpc) is 2.73. The summed E-state index contributed by atoms with van der Waals surface area (Å²) in [6, 6.07) is 10.8. The lowest BCUT2D eigenvalue weighted by molar-refractivity contribution is -0.126. The van der Waals surface area contributed by atoms with Crippen molar-refractivity contribution in [3.8, 4) is 0 Å². The zero-order valence-corrected chi connectivity index (χ0v) is 18.1. The summed E-state index contributed by atoms with van der Waals surface area (Å²) in [5.41, 5.74) is 2.11. The monoisotopic (exact) mass is 429 g/mol. The van der Waals surface area contributed by atoms with E-state index >= 15 is 0 Å². The number of hydrogen-bond donors (Lipinski definition) is 2. The van der Waals surface area contributed by atoms with Crippen molar-refractivity contribution >= 4 is 11.9 Å². The summed E-state index contributed by atoms with van der Waals surface area (Å²) in [6.45, 7) is 6.43. The van der Waals surface area contributed by atoms with Crippen molar-refractivity contribution in [2.24, 2.45) is 5.92 Å². The molecule has 3 rings (SSSR count). The minimum Gasteiger partial charge on any atom is -0.352 e. The highest BCUT2D eigenvalue weighted by molar-refractivity contribution is 5.81. The Morgan fingerprint density at radius 3 is 2.58 bits per heavy atom. The number of piperidine rings is 1. The fourth-order valence-electron chi connectivity index (χ4n) is 3.94. The molecular weight excluding hydrogens is 400 g/mol. The zero-order valence-electron chi connectivity index (χ0n) is 18.1. The van der Waals surface area contributed by atoms with E-state index in [0.29, 0.717) is 30.6 Å². The number of amides is 3. The largest absolute Gasteiger partial charge is 0.352 e. The molecule has 5 nitrogen and oxygen atoms in total. The van der Waals surface area contributed by atoms with Gasteiger partial charge >= 0.3 is 6.03 Å². The topological polar surface area (TPSA) is 61.4 Å². The number of benzene rings is 2. The molecule has 0 bridgehead atoms. The minimum absolute atomic E-state index is 0.0267. The Morgan fingerprint density at radius 2 is 1.90 bits per heavy atom. The molecule has 1 fully saturated rings. The van der Waals surface area contributed by atoms with E-state index < -0.39 is 5.92 Å². The number of likely N-dealkylation sites (tertiary alicyclic amines) is 1. The van der Waals surface area contributed by atoms with Crippen LogP contribution in [0.25, 0.3) is 0 Å². The lowest BCUT2D eigenvalue weighted by Crippen LogP contribution is -2.52. The first-order valence-corrected chi connectivity index (χ1v) is 10.6. The van der Waals surface area contributed by atoms with E-state index in [4.69, 9.17) is 0 Å². The lowest BCUT2D eigenvalue weighted by atomic mass is 9.83. The Bertz CT molecular complexity index is 948. The Hall–Kier alpha value is -2.96. The summed E-state index contributed by atoms with van der Waals surface area (Å²) in [5, 5.41) is 5.75. The van der Waals surface area contributed by atoms with E-state index in [-0.39, 0.29) is 42.1 Å². The summed E-state index contributed by atoms with van der Waals surface area (Å²) in [5.74, 6) is -1.33. The molecule has 0 spiro atoms. The van der Waals surface area contributed by atoms with Gasteiger partial charge in [0.2, 0.25) is 5.91 Å². The summed E-state index contributed by atoms with van der Waals surface area (Å²) in [6.07, 6.45) is 0.547. The van der Waals surface area contributed by atoms with Crippen LogP contribution in [-0.4, -0.2) is 36.0 Å². The van der Waals surface area contributed by atoms with Crippen molar-refractivity contribution in [2.45, 2.75) is 45.7 Å². The molecule has 2 atom stereocenters. The van der Waals surface area contributed by atoms with Crippen molar-refractivity contribution in [3.05, 3.63) is 70.8 Å². The van der Waals surface area contributed by atoms with Crippen LogP contribution in [0.5, 0.6) is 0 Å². The molecule has 1 saturated heterocycles. The standard InChI is InChI=1S/C24H29F2N3O2/c1-15(2)28-24(31)29-13-19(18-7-8-22(26)16(3)9-18)11-20(14-29)23(30)27-12-17-5-4-6-21(25)10-17/h4-10,15,19-20H,11-14H2,1-3H3,(H,27,30)(H,28,31)/t19-,20-/m0/s1. The summed E-state index contributed by atoms with van der Waals surface area (Å²) in [4.78, 5) is 27.2. The Morgan fingerprint density at radius 1 is 1.13 bits per heavy atom. The van der Waals surface area contributed by atoms with Crippen LogP contribution >= 0.6 is 0 Å². The van der Waals surface area contributed by atoms with Crippen molar-refractivity contribution in [1.82, 2.24) is 15.5 Å². The quantitative estimate of drug-likeness (QED) is 0.751. The maximum Gasteiger partial charge on any atom is 0.317 e. The highest BCUT2D eigenvalue weighted by Gasteiger charge is 2.34. The first-order chi connectivity index (χ1) is 14.7. The van der Waals surface area contributed by atoms with Gasteiger partial charge in [0.1, 0.15) is 11.6 Å². The molecular formula is C24H29F2N3O2. The fraction of sp³-hybridized carbons (Fsp3) is 0.417. The van der Waals surface area contributed by atoms with Gasteiger partial charge in [0.15, 0.2) is 0 Å². The number of rotatable bonds is 5. The third-order valence-electron chi connectivity index (χ3n) is 5.53. The van der Waals surface area contributed by atoms with Crippen LogP contribution in [0, 0.1) is 24.5 Å². The number of carbonyl (C=O) groups excluding carboxylic acids is 2. The van der Waals surface area contributed by atoms with E-state index in [9.17, 15) is 18.4 Å². The van der Waals surface area contributed by atoms with Crippen LogP contribution in [0.1, 0.15) is 42.9 Å². The van der Waals surface area contributed by atoms with Gasteiger partial charge in [-0.15, -0.1) is 0 Å². The van der Waals surface area contributed by atoms with Crippen molar-refractivity contribution < 1.29 is 18.4 Å². The van der Waals surface area contributed by atoms with Crippen molar-refractivity contribution in [1.29, 1.82) is 0 Å². The number of nitrogens with zero attached hydrogens (tertiary/aromatic N) is 1. The van der Waals surface area contributed by atoms with Gasteiger partial charge in [-0.25, -0.2) is 13.6 Å². The third kappa shape index (κ3) is 6.03. The second-order valence-electron chi connectivity index (χ2n) is 8.50. The minimum atomic E-state index is -0.421. The summed E-state index contributed by atoms with van der Waals surface area (Å²) < 4.78 is 27.1. The fourth-order valence-corrected chi connectivity index (χ4v) is 3.94. The number of carbonyl (C=O) groups is 2. The Balaban J connectivity index is 1.76. The molecule has 2 aromatic carbocycles. The number of hydrogen-bond acceptors (Lipinski definition) is 2. The maximum atomic E-state index is 13.7. The van der Waals surface area contributed by atoms with Gasteiger partial charge in [-0.2, -0.15) is 0 Å². The van der Waals surface area contributed by atoms with E-state index in [1.165, 1.54) is 18.2 Å². The van der Waals surface area contributed by atoms with Crippen LogP contribution in [0.15, 0.2) is 42.5 Å². The maximum absolute atomic E-state index is 13.7. The molecule has 0 saturated carbocycles. The first-order valence-electron chi connectivity index (χ1n) is 10.6. The average molecular weight is 430 g/mol. The molecule has 31 heavy (non-hydrogen) atoms. The third-order valence-corrected chi connectivity index (χ3v) is 5.53. The van der Waals surface area contributed by atoms with Gasteiger partial charge in [0.05, 0.1) is 5.92 Å². The molecule has 166 valence electrons. The molecule has 3 amide bonds. The normalized spacial score (nSPS) is 18.7. The van der Waals surface area contributed by atoms with Gasteiger partial charge in [-0.05, 0) is 62.1 Å². The summed E-state index contributed by atoms with van der Waals surface area (Å²) >= 11 is 0. The van der Waals surface area contributed by atoms with Gasteiger partial charge < -0.3 is 15.5 Å². The first kappa shape index (κ1) is 22.7. The zero-order chi connectivity index (χ0) is 22.5. The Kier molecular flexibility index (Phi) is 7.25. The van der Waals surface area contributed by atoms with E-state index in [2.05, 4.69) is 10.6 Å². The highest BCUT2D eigenvalue weighted by Crippen LogP contribution is 2.31. The molecule has 0 aromatic heterocycles. The molecule has 7 heteroatoms. The predicted octanol–water partition coefficient (Wildman–Crippen LogP) is 4.11. The lowest BCUT2D eigenvalue weighted by Gasteiger charge is -2.38. The summed E-state index contributed by atoms with van der Waals surface area (Å²) in [7, 11) is 0. The van der Waals surface area contributed by atoms with Gasteiger partial charge in [0.25, 0.3) is 0 Å². The molecule has 2 N–H and O–H groups in total. The number of nitrogens with one attached hydrogen (secondary N) is 2. The van der Waals surface area contributed by atoms with Crippen LogP contribution in [0.3, 0.4) is 0 Å². The number of urea groups is 1. The SMILES string of the molecule is Cc1cc([C@H]2C[C@H](C(=O)NCc3cccc(F)c3)CN(C(=O)NC(C)C)C2)ccc1F. The molecule has 2 aromatic rings. The highest BCUT2D eigenvalue weighted by atomic mass is 19.1. The van der Waals surface area contributed by atoms with Gasteiger partial charge in [-0.1, -0.05) is 24.3 Å². The van der Waals surface area contributed by atoms with Crippen LogP contribution < -0.4 is 10.6 Å². The predicted molar refractivity (Wildman–Crippen MR) is 115 cm³/mol. The number of halogens is 2. The van der Waals surface area contributed by atoms with E-state index in [0.717, 1.165) is 5.56 Å². The Labute approximate surface area is 181 Å². The van der Waals surface area contributed by atoms with Crippen LogP contribution in [0.4, 0.5) is 13.6 Å². The molecule has 1 aliphatic rings. The molecule has 1 aliphatic heterocycles. The molecule has 0 aliphatic carbocycles. The smallest absolute Gasteiger partial charge is 0.317 e. The van der Waals surface area contributed by atoms with Gasteiger partial charge in [-0.3, -0.25) is 4.79 Å². The van der Waals surface area contributed by atoms with Crippen molar-refractivity contribution in [2.75, 3.05) is 13.1 Å². The van der Waals surface area contributed by atoms with Crippen molar-refractivity contribution in [3.63, 3.8) is 0 Å². The molecule has 0 radical (unpaired) electrons. The second-order valence-corrected chi connectivity index (χ2v) is 8.50. The van der Waals surface area contributed by atoms with E-state index in [1.807, 2.05) is 13.8 Å². The molecule has 1 heterocycles. The van der Waals surface area contributed by atoms with E-state index in [1.54, 1.807) is 36.1 Å². The van der Waals surface area contributed by atoms with Gasteiger partial charge in [0, 0.05) is 31.6 Å². The van der Waals surface area contributed by atoms with Crippen LogP contribution in [0.2, 0.25) is 0 Å². The number of aryl methyl sites for hydroxylation is 1. The molecule has 0 unspecified atom stereocenters. The second kappa shape index (κ2) is 9.90.